The van der Waals surface area contributed by atoms with Crippen molar-refractivity contribution >= 4 is 28.1 Å². The van der Waals surface area contributed by atoms with Crippen LogP contribution in [0.4, 0.5) is 10.5 Å². The summed E-state index contributed by atoms with van der Waals surface area (Å²) in [6.45, 7) is 3.52. The van der Waals surface area contributed by atoms with E-state index in [2.05, 4.69) is 9.68 Å². The molecule has 0 aromatic heterocycles. The second-order valence-corrected chi connectivity index (χ2v) is 6.72. The highest BCUT2D eigenvalue weighted by molar-refractivity contribution is 7.61. The minimum atomic E-state index is -2.64. The van der Waals surface area contributed by atoms with Crippen molar-refractivity contribution in [2.24, 2.45) is 4.36 Å². The van der Waals surface area contributed by atoms with E-state index in [9.17, 15) is 18.0 Å². The zero-order valence-electron chi connectivity index (χ0n) is 14.6. The molecule has 0 aliphatic heterocycles. The Labute approximate surface area is 147 Å². The molecule has 136 valence electrons. The van der Waals surface area contributed by atoms with E-state index in [1.54, 1.807) is 26.0 Å². The largest absolute Gasteiger partial charge is 0.494 e. The fraction of sp³-hybridized carbons (Fsp3) is 0.500. The third kappa shape index (κ3) is 3.65. The van der Waals surface area contributed by atoms with Crippen LogP contribution in [-0.2, 0) is 20.7 Å². The quantitative estimate of drug-likeness (QED) is 0.857. The lowest BCUT2D eigenvalue weighted by molar-refractivity contribution is -0.132. The van der Waals surface area contributed by atoms with E-state index < -0.39 is 21.9 Å². The number of hydrogen-bond acceptors (Lipinski definition) is 6. The van der Waals surface area contributed by atoms with Crippen molar-refractivity contribution in [1.82, 2.24) is 10.2 Å². The number of amides is 3. The fourth-order valence-corrected chi connectivity index (χ4v) is 3.11. The summed E-state index contributed by atoms with van der Waals surface area (Å²) in [5.41, 5.74) is -0.0852. The number of nitrogens with one attached hydrogen (secondary N) is 1. The Hall–Kier alpha value is -2.42. The molecular formula is C16H21N3O5S. The Bertz CT molecular complexity index is 820. The van der Waals surface area contributed by atoms with Gasteiger partial charge in [-0.25, -0.2) is 4.79 Å². The Morgan fingerprint density at radius 2 is 1.96 bits per heavy atom. The van der Waals surface area contributed by atoms with Gasteiger partial charge < -0.3 is 10.1 Å². The van der Waals surface area contributed by atoms with Gasteiger partial charge in [-0.3, -0.25) is 9.69 Å². The number of carbonyl (C=O) groups is 2. The third-order valence-corrected chi connectivity index (χ3v) is 4.58. The van der Waals surface area contributed by atoms with Gasteiger partial charge in [0.05, 0.1) is 12.5 Å². The maximum Gasteiger partial charge on any atom is 0.324 e. The molecule has 0 bridgehead atoms. The molecular weight excluding hydrogens is 346 g/mol. The summed E-state index contributed by atoms with van der Waals surface area (Å²) in [6, 6.07) is 4.04. The first-order chi connectivity index (χ1) is 11.8. The molecule has 1 aromatic carbocycles. The molecule has 0 unspecified atom stereocenters. The SMILES string of the molecule is CNC(=O)N(C(=O)C1(c2ccc(OC)c(N=S(=O)=O)c2)CC1)C(C)C. The average molecular weight is 367 g/mol. The molecule has 8 nitrogen and oxygen atoms in total. The Morgan fingerprint density at radius 3 is 2.40 bits per heavy atom. The minimum absolute atomic E-state index is 0.128. The van der Waals surface area contributed by atoms with Crippen molar-refractivity contribution in [1.29, 1.82) is 0 Å². The summed E-state index contributed by atoms with van der Waals surface area (Å²) >= 11 is 0. The summed E-state index contributed by atoms with van der Waals surface area (Å²) in [5, 5.41) is 2.48. The first-order valence-corrected chi connectivity index (χ1v) is 8.85. The van der Waals surface area contributed by atoms with Crippen LogP contribution in [0.5, 0.6) is 5.75 Å². The molecule has 1 aliphatic rings. The molecule has 3 amide bonds. The first kappa shape index (κ1) is 18.9. The lowest BCUT2D eigenvalue weighted by Crippen LogP contribution is -2.50. The van der Waals surface area contributed by atoms with Gasteiger partial charge in [0.15, 0.2) is 0 Å². The van der Waals surface area contributed by atoms with Gasteiger partial charge in [-0.05, 0) is 44.4 Å². The smallest absolute Gasteiger partial charge is 0.324 e. The van der Waals surface area contributed by atoms with Gasteiger partial charge in [0.2, 0.25) is 5.91 Å². The molecule has 0 saturated heterocycles. The Morgan fingerprint density at radius 1 is 1.32 bits per heavy atom. The van der Waals surface area contributed by atoms with Gasteiger partial charge in [-0.15, -0.1) is 4.36 Å². The molecule has 1 saturated carbocycles. The van der Waals surface area contributed by atoms with Gasteiger partial charge in [0, 0.05) is 13.1 Å². The van der Waals surface area contributed by atoms with Crippen molar-refractivity contribution in [2.45, 2.75) is 38.1 Å². The lowest BCUT2D eigenvalue weighted by atomic mass is 9.93. The van der Waals surface area contributed by atoms with Crippen LogP contribution < -0.4 is 10.1 Å². The van der Waals surface area contributed by atoms with E-state index in [-0.39, 0.29) is 17.6 Å². The van der Waals surface area contributed by atoms with E-state index >= 15 is 0 Å². The van der Waals surface area contributed by atoms with Gasteiger partial charge in [-0.1, -0.05) is 6.07 Å². The first-order valence-electron chi connectivity index (χ1n) is 7.82. The number of nitrogens with zero attached hydrogens (tertiary/aromatic N) is 2. The lowest BCUT2D eigenvalue weighted by Gasteiger charge is -2.29. The van der Waals surface area contributed by atoms with Gasteiger partial charge in [0.25, 0.3) is 0 Å². The molecule has 0 radical (unpaired) electrons. The number of methoxy groups -OCH3 is 1. The molecule has 1 fully saturated rings. The fourth-order valence-electron chi connectivity index (χ4n) is 2.80. The van der Waals surface area contributed by atoms with Crippen LogP contribution in [0.15, 0.2) is 22.6 Å². The zero-order chi connectivity index (χ0) is 18.8. The van der Waals surface area contributed by atoms with Crippen molar-refractivity contribution in [3.05, 3.63) is 23.8 Å². The summed E-state index contributed by atoms with van der Waals surface area (Å²) in [4.78, 5) is 26.3. The molecule has 0 atom stereocenters. The standard InChI is InChI=1S/C16H21N3O5S/c1-10(2)19(15(21)17-3)14(20)16(7-8-16)11-5-6-13(24-4)12(9-11)18-25(22)23/h5-6,9-10H,7-8H2,1-4H3,(H,17,21). The van der Waals surface area contributed by atoms with E-state index in [4.69, 9.17) is 4.74 Å². The monoisotopic (exact) mass is 367 g/mol. The summed E-state index contributed by atoms with van der Waals surface area (Å²) < 4.78 is 30.5. The van der Waals surface area contributed by atoms with Crippen LogP contribution in [0.2, 0.25) is 0 Å². The topological polar surface area (TPSA) is 105 Å². The van der Waals surface area contributed by atoms with Gasteiger partial charge in [0.1, 0.15) is 11.4 Å². The summed E-state index contributed by atoms with van der Waals surface area (Å²) in [6.07, 6.45) is 1.16. The molecule has 2 rings (SSSR count). The maximum atomic E-state index is 13.0. The highest BCUT2D eigenvalue weighted by Gasteiger charge is 2.54. The van der Waals surface area contributed by atoms with Crippen molar-refractivity contribution < 1.29 is 22.7 Å². The zero-order valence-corrected chi connectivity index (χ0v) is 15.4. The highest BCUT2D eigenvalue weighted by Crippen LogP contribution is 2.51. The molecule has 1 aliphatic carbocycles. The number of urea groups is 1. The van der Waals surface area contributed by atoms with Crippen LogP contribution in [0.3, 0.4) is 0 Å². The summed E-state index contributed by atoms with van der Waals surface area (Å²) in [7, 11) is 0.236. The van der Waals surface area contributed by atoms with Crippen LogP contribution in [0.1, 0.15) is 32.3 Å². The number of benzene rings is 1. The van der Waals surface area contributed by atoms with E-state index in [1.807, 2.05) is 0 Å². The maximum absolute atomic E-state index is 13.0. The third-order valence-electron chi connectivity index (χ3n) is 4.23. The number of hydrogen-bond donors (Lipinski definition) is 1. The van der Waals surface area contributed by atoms with E-state index in [0.717, 1.165) is 0 Å². The van der Waals surface area contributed by atoms with Gasteiger partial charge in [-0.2, -0.15) is 8.42 Å². The molecule has 25 heavy (non-hydrogen) atoms. The number of imide groups is 1. The number of rotatable bonds is 5. The predicted octanol–water partition coefficient (Wildman–Crippen LogP) is 2.00. The molecule has 9 heteroatoms. The molecule has 0 spiro atoms. The van der Waals surface area contributed by atoms with Crippen molar-refractivity contribution in [3.8, 4) is 5.75 Å². The van der Waals surface area contributed by atoms with Gasteiger partial charge >= 0.3 is 16.5 Å². The van der Waals surface area contributed by atoms with Crippen LogP contribution in [0, 0.1) is 0 Å². The summed E-state index contributed by atoms with van der Waals surface area (Å²) in [5.74, 6) is -0.00979. The molecule has 1 N–H and O–H groups in total. The van der Waals surface area contributed by atoms with E-state index in [1.165, 1.54) is 25.1 Å². The average Bonchev–Trinajstić information content (AvgIpc) is 3.35. The predicted molar refractivity (Wildman–Crippen MR) is 91.4 cm³/mol. The van der Waals surface area contributed by atoms with Crippen LogP contribution in [-0.4, -0.2) is 45.5 Å². The normalized spacial score (nSPS) is 14.6. The molecule has 0 heterocycles. The van der Waals surface area contributed by atoms with Crippen molar-refractivity contribution in [3.63, 3.8) is 0 Å². The Balaban J connectivity index is 2.48. The highest BCUT2D eigenvalue weighted by atomic mass is 32.2. The number of carbonyl (C=O) groups excluding carboxylic acids is 2. The van der Waals surface area contributed by atoms with Crippen LogP contribution in [0.25, 0.3) is 0 Å². The second-order valence-electron chi connectivity index (χ2n) is 6.10. The van der Waals surface area contributed by atoms with Crippen molar-refractivity contribution in [2.75, 3.05) is 14.2 Å². The number of ether oxygens (including phenoxy) is 1. The van der Waals surface area contributed by atoms with Crippen LogP contribution >= 0.6 is 0 Å². The Kier molecular flexibility index (Phi) is 5.46. The minimum Gasteiger partial charge on any atom is -0.494 e. The molecule has 1 aromatic rings. The van der Waals surface area contributed by atoms with E-state index in [0.29, 0.717) is 24.2 Å². The second kappa shape index (κ2) is 7.22.